The first-order valence-electron chi connectivity index (χ1n) is 5.75. The zero-order chi connectivity index (χ0) is 11.4. The molecule has 0 aliphatic carbocycles. The smallest absolute Gasteiger partial charge is 0.0713 e. The number of β-amino-alcohol motifs (C(OH)–C–C–N with tert-alkyl or cyclic N) is 1. The molecule has 1 atom stereocenters. The molecule has 88 valence electrons. The van der Waals surface area contributed by atoms with Gasteiger partial charge in [-0.25, -0.2) is 0 Å². The summed E-state index contributed by atoms with van der Waals surface area (Å²) < 4.78 is 5.07. The van der Waals surface area contributed by atoms with Crippen LogP contribution in [0.15, 0.2) is 24.3 Å². The van der Waals surface area contributed by atoms with E-state index in [2.05, 4.69) is 29.2 Å². The predicted molar refractivity (Wildman–Crippen MR) is 63.1 cm³/mol. The number of aliphatic hydroxyl groups is 1. The quantitative estimate of drug-likeness (QED) is 0.834. The van der Waals surface area contributed by atoms with Crippen molar-refractivity contribution >= 4 is 0 Å². The Morgan fingerprint density at radius 3 is 2.56 bits per heavy atom. The van der Waals surface area contributed by atoms with Gasteiger partial charge in [-0.2, -0.15) is 0 Å². The Kier molecular flexibility index (Phi) is 3.93. The van der Waals surface area contributed by atoms with E-state index in [1.807, 2.05) is 0 Å². The van der Waals surface area contributed by atoms with Crippen LogP contribution in [0.3, 0.4) is 0 Å². The minimum absolute atomic E-state index is 0.132. The first-order chi connectivity index (χ1) is 7.78. The molecule has 0 saturated carbocycles. The van der Waals surface area contributed by atoms with Gasteiger partial charge < -0.3 is 9.84 Å². The highest BCUT2D eigenvalue weighted by Gasteiger charge is 2.19. The van der Waals surface area contributed by atoms with Crippen molar-refractivity contribution in [1.82, 2.24) is 4.90 Å². The molecule has 0 unspecified atom stereocenters. The molecule has 0 spiro atoms. The van der Waals surface area contributed by atoms with Crippen molar-refractivity contribution in [2.24, 2.45) is 0 Å². The second kappa shape index (κ2) is 5.43. The van der Waals surface area contributed by atoms with Crippen LogP contribution in [0.4, 0.5) is 0 Å². The summed E-state index contributed by atoms with van der Waals surface area (Å²) in [6, 6.07) is 8.48. The summed E-state index contributed by atoms with van der Waals surface area (Å²) in [6.07, 6.45) is 0.773. The highest BCUT2D eigenvalue weighted by molar-refractivity contribution is 5.22. The Balaban J connectivity index is 1.89. The van der Waals surface area contributed by atoms with E-state index in [-0.39, 0.29) is 6.10 Å². The van der Waals surface area contributed by atoms with Gasteiger partial charge in [0.15, 0.2) is 0 Å². The van der Waals surface area contributed by atoms with Gasteiger partial charge in [-0.15, -0.1) is 0 Å². The number of aliphatic hydroxyl groups excluding tert-OH is 1. The highest BCUT2D eigenvalue weighted by Crippen LogP contribution is 2.14. The lowest BCUT2D eigenvalue weighted by Crippen LogP contribution is -2.21. The van der Waals surface area contributed by atoms with Gasteiger partial charge in [-0.3, -0.25) is 4.90 Å². The molecule has 3 heteroatoms. The van der Waals surface area contributed by atoms with Crippen molar-refractivity contribution in [2.45, 2.75) is 25.7 Å². The SMILES string of the molecule is COCc1ccc(CN2CC[C@@H](O)C2)cc1. The van der Waals surface area contributed by atoms with Crippen molar-refractivity contribution in [1.29, 1.82) is 0 Å². The summed E-state index contributed by atoms with van der Waals surface area (Å²) in [5.41, 5.74) is 2.50. The van der Waals surface area contributed by atoms with Crippen LogP contribution in [0.25, 0.3) is 0 Å². The number of methoxy groups -OCH3 is 1. The van der Waals surface area contributed by atoms with Gasteiger partial charge in [-0.05, 0) is 17.5 Å². The number of ether oxygens (including phenoxy) is 1. The normalized spacial score (nSPS) is 21.5. The molecule has 1 aliphatic rings. The summed E-state index contributed by atoms with van der Waals surface area (Å²) in [7, 11) is 1.71. The molecule has 16 heavy (non-hydrogen) atoms. The summed E-state index contributed by atoms with van der Waals surface area (Å²) in [5.74, 6) is 0. The molecule has 1 N–H and O–H groups in total. The minimum atomic E-state index is -0.132. The fourth-order valence-corrected chi connectivity index (χ4v) is 2.12. The lowest BCUT2D eigenvalue weighted by molar-refractivity contribution is 0.174. The molecule has 0 bridgehead atoms. The fraction of sp³-hybridized carbons (Fsp3) is 0.538. The third kappa shape index (κ3) is 3.04. The van der Waals surface area contributed by atoms with Crippen LogP contribution in [-0.4, -0.2) is 36.3 Å². The average Bonchev–Trinajstić information content (AvgIpc) is 2.67. The van der Waals surface area contributed by atoms with Crippen molar-refractivity contribution in [3.63, 3.8) is 0 Å². The molecule has 0 amide bonds. The summed E-state index contributed by atoms with van der Waals surface area (Å²) in [5, 5.41) is 9.43. The molecule has 0 radical (unpaired) electrons. The zero-order valence-electron chi connectivity index (χ0n) is 9.72. The molecular formula is C13H19NO2. The zero-order valence-corrected chi connectivity index (χ0v) is 9.72. The topological polar surface area (TPSA) is 32.7 Å². The van der Waals surface area contributed by atoms with Crippen LogP contribution in [0.1, 0.15) is 17.5 Å². The van der Waals surface area contributed by atoms with E-state index in [9.17, 15) is 5.11 Å². The molecule has 3 nitrogen and oxygen atoms in total. The molecule has 1 aromatic carbocycles. The van der Waals surface area contributed by atoms with Gasteiger partial charge in [-0.1, -0.05) is 24.3 Å². The van der Waals surface area contributed by atoms with Crippen LogP contribution >= 0.6 is 0 Å². The van der Waals surface area contributed by atoms with E-state index in [4.69, 9.17) is 4.74 Å². The van der Waals surface area contributed by atoms with Gasteiger partial charge in [0.25, 0.3) is 0 Å². The Labute approximate surface area is 96.6 Å². The second-order valence-corrected chi connectivity index (χ2v) is 4.43. The number of hydrogen-bond donors (Lipinski definition) is 1. The number of benzene rings is 1. The van der Waals surface area contributed by atoms with Crippen LogP contribution < -0.4 is 0 Å². The highest BCUT2D eigenvalue weighted by atomic mass is 16.5. The summed E-state index contributed by atoms with van der Waals surface area (Å²) in [6.45, 7) is 3.41. The van der Waals surface area contributed by atoms with Gasteiger partial charge in [0.1, 0.15) is 0 Å². The van der Waals surface area contributed by atoms with E-state index < -0.39 is 0 Å². The fourth-order valence-electron chi connectivity index (χ4n) is 2.12. The van der Waals surface area contributed by atoms with E-state index in [1.165, 1.54) is 11.1 Å². The first-order valence-corrected chi connectivity index (χ1v) is 5.75. The van der Waals surface area contributed by atoms with E-state index in [0.29, 0.717) is 6.61 Å². The molecule has 1 aromatic rings. The van der Waals surface area contributed by atoms with Gasteiger partial charge in [0.2, 0.25) is 0 Å². The summed E-state index contributed by atoms with van der Waals surface area (Å²) in [4.78, 5) is 2.29. The first kappa shape index (κ1) is 11.6. The molecule has 1 saturated heterocycles. The molecule has 1 aliphatic heterocycles. The Morgan fingerprint density at radius 1 is 1.31 bits per heavy atom. The van der Waals surface area contributed by atoms with Crippen molar-refractivity contribution in [3.05, 3.63) is 35.4 Å². The molecule has 0 aromatic heterocycles. The Bertz CT molecular complexity index is 323. The van der Waals surface area contributed by atoms with E-state index in [0.717, 1.165) is 26.1 Å². The minimum Gasteiger partial charge on any atom is -0.392 e. The Hall–Kier alpha value is -0.900. The van der Waals surface area contributed by atoms with E-state index >= 15 is 0 Å². The van der Waals surface area contributed by atoms with Crippen LogP contribution in [0, 0.1) is 0 Å². The number of nitrogens with zero attached hydrogens (tertiary/aromatic N) is 1. The van der Waals surface area contributed by atoms with Crippen LogP contribution in [0.2, 0.25) is 0 Å². The van der Waals surface area contributed by atoms with Crippen LogP contribution in [-0.2, 0) is 17.9 Å². The standard InChI is InChI=1S/C13H19NO2/c1-16-10-12-4-2-11(3-5-12)8-14-7-6-13(15)9-14/h2-5,13,15H,6-10H2,1H3/t13-/m1/s1. The Morgan fingerprint density at radius 2 is 2.00 bits per heavy atom. The predicted octanol–water partition coefficient (Wildman–Crippen LogP) is 1.40. The number of hydrogen-bond acceptors (Lipinski definition) is 3. The monoisotopic (exact) mass is 221 g/mol. The summed E-state index contributed by atoms with van der Waals surface area (Å²) >= 11 is 0. The molecule has 1 heterocycles. The second-order valence-electron chi connectivity index (χ2n) is 4.43. The molecular weight excluding hydrogens is 202 g/mol. The van der Waals surface area contributed by atoms with Crippen molar-refractivity contribution in [2.75, 3.05) is 20.2 Å². The number of likely N-dealkylation sites (tertiary alicyclic amines) is 1. The van der Waals surface area contributed by atoms with Gasteiger partial charge in [0.05, 0.1) is 12.7 Å². The largest absolute Gasteiger partial charge is 0.392 e. The lowest BCUT2D eigenvalue weighted by atomic mass is 10.1. The van der Waals surface area contributed by atoms with E-state index in [1.54, 1.807) is 7.11 Å². The molecule has 2 rings (SSSR count). The van der Waals surface area contributed by atoms with Gasteiger partial charge in [0, 0.05) is 26.7 Å². The van der Waals surface area contributed by atoms with Crippen LogP contribution in [0.5, 0.6) is 0 Å². The third-order valence-corrected chi connectivity index (χ3v) is 2.99. The van der Waals surface area contributed by atoms with Crippen molar-refractivity contribution in [3.8, 4) is 0 Å². The lowest BCUT2D eigenvalue weighted by Gasteiger charge is -2.14. The van der Waals surface area contributed by atoms with Gasteiger partial charge >= 0.3 is 0 Å². The van der Waals surface area contributed by atoms with Crippen molar-refractivity contribution < 1.29 is 9.84 Å². The maximum Gasteiger partial charge on any atom is 0.0713 e. The third-order valence-electron chi connectivity index (χ3n) is 2.99. The maximum atomic E-state index is 9.43. The number of rotatable bonds is 4. The maximum absolute atomic E-state index is 9.43. The average molecular weight is 221 g/mol. The molecule has 1 fully saturated rings.